The maximum absolute atomic E-state index is 13.3. The summed E-state index contributed by atoms with van der Waals surface area (Å²) < 4.78 is 26.2. The molecule has 0 aliphatic carbocycles. The lowest BCUT2D eigenvalue weighted by Gasteiger charge is -2.03. The second kappa shape index (κ2) is 3.41. The molecule has 2 N–H and O–H groups in total. The summed E-state index contributed by atoms with van der Waals surface area (Å²) in [5.41, 5.74) is -0.458. The summed E-state index contributed by atoms with van der Waals surface area (Å²) in [7, 11) is 0. The fourth-order valence-electron chi connectivity index (χ4n) is 1.33. The monoisotopic (exact) mass is 225 g/mol. The number of aromatic carboxylic acids is 1. The van der Waals surface area contributed by atoms with Gasteiger partial charge in [-0.05, 0) is 6.07 Å². The number of fused-ring (bicyclic) bond motifs is 1. The minimum absolute atomic E-state index is 0.177. The van der Waals surface area contributed by atoms with Gasteiger partial charge in [-0.25, -0.2) is 13.6 Å². The molecule has 1 aromatic carbocycles. The van der Waals surface area contributed by atoms with Crippen LogP contribution < -0.4 is 0 Å². The molecule has 0 unspecified atom stereocenters. The van der Waals surface area contributed by atoms with Crippen LogP contribution in [0.5, 0.6) is 5.75 Å². The average molecular weight is 225 g/mol. The summed E-state index contributed by atoms with van der Waals surface area (Å²) in [6.45, 7) is 0. The Balaban J connectivity index is 2.86. The molecule has 0 bridgehead atoms. The van der Waals surface area contributed by atoms with Crippen molar-refractivity contribution in [2.45, 2.75) is 0 Å². The summed E-state index contributed by atoms with van der Waals surface area (Å²) in [5, 5.41) is 17.6. The van der Waals surface area contributed by atoms with E-state index in [-0.39, 0.29) is 16.5 Å². The molecule has 0 fully saturated rings. The van der Waals surface area contributed by atoms with E-state index in [4.69, 9.17) is 5.11 Å². The molecule has 0 atom stereocenters. The quantitative estimate of drug-likeness (QED) is 0.777. The van der Waals surface area contributed by atoms with Crippen molar-refractivity contribution in [2.24, 2.45) is 0 Å². The van der Waals surface area contributed by atoms with Gasteiger partial charge in [-0.2, -0.15) is 0 Å². The zero-order valence-corrected chi connectivity index (χ0v) is 7.74. The zero-order valence-electron chi connectivity index (χ0n) is 7.74. The van der Waals surface area contributed by atoms with Gasteiger partial charge >= 0.3 is 5.97 Å². The molecule has 2 rings (SSSR count). The molecule has 6 heteroatoms. The van der Waals surface area contributed by atoms with E-state index in [9.17, 15) is 18.7 Å². The number of rotatable bonds is 1. The highest BCUT2D eigenvalue weighted by molar-refractivity contribution is 5.94. The number of pyridine rings is 1. The van der Waals surface area contributed by atoms with E-state index in [0.717, 1.165) is 12.3 Å². The van der Waals surface area contributed by atoms with Gasteiger partial charge in [0.1, 0.15) is 11.3 Å². The lowest BCUT2D eigenvalue weighted by molar-refractivity contribution is 0.0696. The number of hydrogen-bond acceptors (Lipinski definition) is 3. The van der Waals surface area contributed by atoms with Crippen molar-refractivity contribution in [2.75, 3.05) is 0 Å². The number of carbonyl (C=O) groups is 1. The lowest BCUT2D eigenvalue weighted by Crippen LogP contribution is -1.99. The Morgan fingerprint density at radius 1 is 1.31 bits per heavy atom. The summed E-state index contributed by atoms with van der Waals surface area (Å²) in [4.78, 5) is 14.2. The van der Waals surface area contributed by atoms with E-state index < -0.39 is 23.4 Å². The Hall–Kier alpha value is -2.24. The molecule has 0 aliphatic heterocycles. The molecule has 0 radical (unpaired) electrons. The molecule has 0 saturated carbocycles. The van der Waals surface area contributed by atoms with E-state index >= 15 is 0 Å². The minimum atomic E-state index is -1.31. The third kappa shape index (κ3) is 1.44. The molecule has 0 amide bonds. The van der Waals surface area contributed by atoms with Crippen molar-refractivity contribution in [3.8, 4) is 5.75 Å². The highest BCUT2D eigenvalue weighted by Crippen LogP contribution is 2.27. The maximum Gasteiger partial charge on any atom is 0.337 e. The van der Waals surface area contributed by atoms with E-state index in [2.05, 4.69) is 4.98 Å². The van der Waals surface area contributed by atoms with Crippen molar-refractivity contribution in [3.63, 3.8) is 0 Å². The fraction of sp³-hybridized carbons (Fsp3) is 0. The number of carboxylic acids is 1. The first-order chi connectivity index (χ1) is 7.50. The molecule has 1 aromatic heterocycles. The Kier molecular flexibility index (Phi) is 2.19. The number of halogens is 2. The van der Waals surface area contributed by atoms with Gasteiger partial charge < -0.3 is 10.2 Å². The first-order valence-corrected chi connectivity index (χ1v) is 4.20. The highest BCUT2D eigenvalue weighted by Gasteiger charge is 2.15. The number of phenolic OH excluding ortho intramolecular Hbond substituents is 1. The Morgan fingerprint density at radius 3 is 2.62 bits per heavy atom. The normalized spacial score (nSPS) is 10.6. The Bertz CT molecular complexity index is 598. The highest BCUT2D eigenvalue weighted by atomic mass is 19.2. The van der Waals surface area contributed by atoms with Crippen molar-refractivity contribution in [1.82, 2.24) is 4.98 Å². The van der Waals surface area contributed by atoms with Crippen LogP contribution in [0.2, 0.25) is 0 Å². The SMILES string of the molecule is O=C(O)c1cnc2c(O)cc(F)c(F)c2c1. The van der Waals surface area contributed by atoms with E-state index in [1.54, 1.807) is 0 Å². The Morgan fingerprint density at radius 2 is 2.00 bits per heavy atom. The molecule has 2 aromatic rings. The van der Waals surface area contributed by atoms with Crippen molar-refractivity contribution < 1.29 is 23.8 Å². The summed E-state index contributed by atoms with van der Waals surface area (Å²) in [6, 6.07) is 1.51. The van der Waals surface area contributed by atoms with Crippen LogP contribution in [-0.2, 0) is 0 Å². The first-order valence-electron chi connectivity index (χ1n) is 4.20. The van der Waals surface area contributed by atoms with Crippen molar-refractivity contribution in [1.29, 1.82) is 0 Å². The van der Waals surface area contributed by atoms with Crippen LogP contribution in [0.4, 0.5) is 8.78 Å². The van der Waals surface area contributed by atoms with E-state index in [0.29, 0.717) is 6.07 Å². The first kappa shape index (κ1) is 10.3. The number of nitrogens with zero attached hydrogens (tertiary/aromatic N) is 1. The molecule has 1 heterocycles. The van der Waals surface area contributed by atoms with Crippen LogP contribution >= 0.6 is 0 Å². The van der Waals surface area contributed by atoms with Gasteiger partial charge in [-0.3, -0.25) is 4.98 Å². The minimum Gasteiger partial charge on any atom is -0.506 e. The number of aromatic hydroxyl groups is 1. The largest absolute Gasteiger partial charge is 0.506 e. The van der Waals surface area contributed by atoms with Gasteiger partial charge in [0, 0.05) is 17.6 Å². The van der Waals surface area contributed by atoms with Crippen LogP contribution in [0.1, 0.15) is 10.4 Å². The van der Waals surface area contributed by atoms with Gasteiger partial charge in [-0.1, -0.05) is 0 Å². The summed E-state index contributed by atoms with van der Waals surface area (Å²) in [5.74, 6) is -4.33. The number of phenols is 1. The van der Waals surface area contributed by atoms with Crippen LogP contribution in [-0.4, -0.2) is 21.2 Å². The second-order valence-corrected chi connectivity index (χ2v) is 3.12. The Labute approximate surface area is 87.8 Å². The summed E-state index contributed by atoms with van der Waals surface area (Å²) >= 11 is 0. The molecule has 0 aliphatic rings. The third-order valence-corrected chi connectivity index (χ3v) is 2.09. The maximum atomic E-state index is 13.3. The van der Waals surface area contributed by atoms with Crippen LogP contribution in [0.3, 0.4) is 0 Å². The van der Waals surface area contributed by atoms with Gasteiger partial charge in [-0.15, -0.1) is 0 Å². The second-order valence-electron chi connectivity index (χ2n) is 3.12. The predicted molar refractivity (Wildman–Crippen MR) is 50.3 cm³/mol. The van der Waals surface area contributed by atoms with Crippen LogP contribution in [0.25, 0.3) is 10.9 Å². The van der Waals surface area contributed by atoms with E-state index in [1.165, 1.54) is 0 Å². The third-order valence-electron chi connectivity index (χ3n) is 2.09. The summed E-state index contributed by atoms with van der Waals surface area (Å²) in [6.07, 6.45) is 0.960. The van der Waals surface area contributed by atoms with Gasteiger partial charge in [0.2, 0.25) is 0 Å². The molecule has 82 valence electrons. The molecule has 0 spiro atoms. The van der Waals surface area contributed by atoms with E-state index in [1.807, 2.05) is 0 Å². The predicted octanol–water partition coefficient (Wildman–Crippen LogP) is 1.92. The topological polar surface area (TPSA) is 70.4 Å². The standard InChI is InChI=1S/C10H5F2NO3/c11-6-2-7(14)9-5(8(6)12)1-4(3-13-9)10(15)16/h1-3,14H,(H,15,16). The fourth-order valence-corrected chi connectivity index (χ4v) is 1.33. The lowest BCUT2D eigenvalue weighted by atomic mass is 10.1. The average Bonchev–Trinajstić information content (AvgIpc) is 2.25. The number of carboxylic acid groups (broad SMARTS) is 1. The van der Waals surface area contributed by atoms with Crippen molar-refractivity contribution in [3.05, 3.63) is 35.5 Å². The van der Waals surface area contributed by atoms with Gasteiger partial charge in [0.05, 0.1) is 5.56 Å². The van der Waals surface area contributed by atoms with Crippen LogP contribution in [0, 0.1) is 11.6 Å². The van der Waals surface area contributed by atoms with Crippen LogP contribution in [0.15, 0.2) is 18.3 Å². The number of benzene rings is 1. The molecule has 0 saturated heterocycles. The number of aromatic nitrogens is 1. The van der Waals surface area contributed by atoms with Gasteiger partial charge in [0.25, 0.3) is 0 Å². The smallest absolute Gasteiger partial charge is 0.337 e. The molecular weight excluding hydrogens is 220 g/mol. The van der Waals surface area contributed by atoms with Crippen molar-refractivity contribution >= 4 is 16.9 Å². The molecule has 4 nitrogen and oxygen atoms in total. The molecule has 16 heavy (non-hydrogen) atoms. The zero-order chi connectivity index (χ0) is 11.9. The van der Waals surface area contributed by atoms with Gasteiger partial charge in [0.15, 0.2) is 11.6 Å². The number of hydrogen-bond donors (Lipinski definition) is 2. The molecular formula is C10H5F2NO3.